The van der Waals surface area contributed by atoms with E-state index in [4.69, 9.17) is 0 Å². The number of alkyl halides is 2. The van der Waals surface area contributed by atoms with Crippen molar-refractivity contribution in [3.63, 3.8) is 0 Å². The molecular formula is C33H43F2N7O6S2. The number of carbonyl (C=O) groups is 4. The molecule has 0 radical (unpaired) electrons. The van der Waals surface area contributed by atoms with Crippen molar-refractivity contribution in [1.82, 2.24) is 31.6 Å². The molecule has 0 fully saturated rings. The SMILES string of the molecule is CCNC(=O)[C@@H](NC(=O)[C@H](C)NC[C@H](Cc1ccccc1)NC(=O)c1cc(C(=O)NCc2nccs2)cc(N(C(F)F)S(C)(=O)=O)c1)C(C)C. The van der Waals surface area contributed by atoms with Gasteiger partial charge in [0.05, 0.1) is 24.5 Å². The topological polar surface area (TPSA) is 179 Å². The zero-order chi connectivity index (χ0) is 37.0. The van der Waals surface area contributed by atoms with Gasteiger partial charge < -0.3 is 26.6 Å². The molecule has 50 heavy (non-hydrogen) atoms. The predicted molar refractivity (Wildman–Crippen MR) is 187 cm³/mol. The predicted octanol–water partition coefficient (Wildman–Crippen LogP) is 2.66. The van der Waals surface area contributed by atoms with Crippen molar-refractivity contribution < 1.29 is 36.4 Å². The van der Waals surface area contributed by atoms with Gasteiger partial charge in [0.15, 0.2) is 0 Å². The van der Waals surface area contributed by atoms with Crippen LogP contribution in [-0.4, -0.2) is 81.1 Å². The molecule has 3 atom stereocenters. The molecule has 17 heteroatoms. The van der Waals surface area contributed by atoms with Gasteiger partial charge in [0.2, 0.25) is 21.8 Å². The molecule has 4 amide bonds. The number of nitrogens with zero attached hydrogens (tertiary/aromatic N) is 2. The van der Waals surface area contributed by atoms with Crippen LogP contribution in [0.3, 0.4) is 0 Å². The number of nitrogens with one attached hydrogen (secondary N) is 5. The summed E-state index contributed by atoms with van der Waals surface area (Å²) in [5.74, 6) is -2.44. The molecule has 0 saturated carbocycles. The Hall–Kier alpha value is -4.48. The molecule has 5 N–H and O–H groups in total. The highest BCUT2D eigenvalue weighted by molar-refractivity contribution is 7.92. The molecule has 272 valence electrons. The lowest BCUT2D eigenvalue weighted by Crippen LogP contribution is -2.55. The molecule has 0 saturated heterocycles. The standard InChI is InChI=1S/C33H43F2N7O6S2/c1-6-36-32(46)28(20(2)3)41-29(43)21(4)38-18-25(14-22-10-8-7-9-11-22)40-31(45)24-15-23(30(44)39-19-27-37-12-13-49-27)16-26(17-24)42(33(34)35)50(5,47)48/h7-13,15-17,20-21,25,28,33,38H,6,14,18-19H2,1-5H3,(H,36,46)(H,39,44)(H,40,45)(H,41,43)/t21-,25-,28-/m0/s1. The number of sulfonamides is 1. The lowest BCUT2D eigenvalue weighted by atomic mass is 10.0. The van der Waals surface area contributed by atoms with Crippen LogP contribution in [0.25, 0.3) is 0 Å². The summed E-state index contributed by atoms with van der Waals surface area (Å²) in [5, 5.41) is 16.3. The number of hydrogen-bond acceptors (Lipinski definition) is 9. The Morgan fingerprint density at radius 2 is 1.58 bits per heavy atom. The van der Waals surface area contributed by atoms with E-state index in [2.05, 4.69) is 31.6 Å². The normalized spacial score (nSPS) is 13.3. The minimum atomic E-state index is -4.52. The molecule has 13 nitrogen and oxygen atoms in total. The minimum absolute atomic E-state index is 0.0185. The summed E-state index contributed by atoms with van der Waals surface area (Å²) < 4.78 is 52.6. The molecule has 1 aromatic heterocycles. The van der Waals surface area contributed by atoms with E-state index in [1.54, 1.807) is 25.4 Å². The van der Waals surface area contributed by atoms with Crippen molar-refractivity contribution in [1.29, 1.82) is 0 Å². The van der Waals surface area contributed by atoms with Gasteiger partial charge in [-0.1, -0.05) is 44.2 Å². The second-order valence-electron chi connectivity index (χ2n) is 11.8. The summed E-state index contributed by atoms with van der Waals surface area (Å²) in [5.41, 5.74) is -0.218. The second-order valence-corrected chi connectivity index (χ2v) is 14.7. The molecule has 3 rings (SSSR count). The van der Waals surface area contributed by atoms with Gasteiger partial charge in [0, 0.05) is 41.8 Å². The van der Waals surface area contributed by atoms with E-state index in [-0.39, 0.29) is 46.8 Å². The third-order valence-corrected chi connectivity index (χ3v) is 9.30. The van der Waals surface area contributed by atoms with Crippen LogP contribution in [0, 0.1) is 5.92 Å². The van der Waals surface area contributed by atoms with Crippen LogP contribution < -0.4 is 30.9 Å². The Kier molecular flexibility index (Phi) is 14.8. The molecule has 0 unspecified atom stereocenters. The van der Waals surface area contributed by atoms with Crippen LogP contribution in [0.1, 0.15) is 59.0 Å². The smallest absolute Gasteiger partial charge is 0.327 e. The number of likely N-dealkylation sites (N-methyl/N-ethyl adjacent to an activating group) is 1. The summed E-state index contributed by atoms with van der Waals surface area (Å²) in [6.07, 6.45) is 2.42. The van der Waals surface area contributed by atoms with Crippen molar-refractivity contribution in [3.8, 4) is 0 Å². The molecule has 1 heterocycles. The van der Waals surface area contributed by atoms with Gasteiger partial charge in [-0.2, -0.15) is 8.78 Å². The first kappa shape index (κ1) is 40.0. The summed E-state index contributed by atoms with van der Waals surface area (Å²) >= 11 is 1.28. The van der Waals surface area contributed by atoms with Gasteiger partial charge in [0.25, 0.3) is 11.8 Å². The molecule has 2 aromatic carbocycles. The molecule has 0 aliphatic heterocycles. The zero-order valence-electron chi connectivity index (χ0n) is 28.4. The number of halogens is 2. The first-order chi connectivity index (χ1) is 23.6. The Morgan fingerprint density at radius 3 is 2.14 bits per heavy atom. The Bertz CT molecular complexity index is 1710. The summed E-state index contributed by atoms with van der Waals surface area (Å²) in [6.45, 7) is 4.00. The van der Waals surface area contributed by atoms with E-state index in [1.807, 2.05) is 44.2 Å². The van der Waals surface area contributed by atoms with Crippen LogP contribution in [0.15, 0.2) is 60.1 Å². The zero-order valence-corrected chi connectivity index (χ0v) is 30.0. The highest BCUT2D eigenvalue weighted by Gasteiger charge is 2.30. The minimum Gasteiger partial charge on any atom is -0.355 e. The monoisotopic (exact) mass is 735 g/mol. The van der Waals surface area contributed by atoms with Crippen molar-refractivity contribution in [3.05, 3.63) is 81.8 Å². The van der Waals surface area contributed by atoms with Gasteiger partial charge in [-0.15, -0.1) is 11.3 Å². The summed E-state index contributed by atoms with van der Waals surface area (Å²) in [6, 6.07) is 10.0. The second kappa shape index (κ2) is 18.5. The van der Waals surface area contributed by atoms with Crippen molar-refractivity contribution >= 4 is 50.7 Å². The average Bonchev–Trinajstić information content (AvgIpc) is 3.58. The van der Waals surface area contributed by atoms with E-state index in [9.17, 15) is 36.4 Å². The maximum atomic E-state index is 14.1. The van der Waals surface area contributed by atoms with Gasteiger partial charge in [-0.05, 0) is 49.9 Å². The van der Waals surface area contributed by atoms with Crippen LogP contribution >= 0.6 is 11.3 Å². The number of benzene rings is 2. The molecule has 0 aliphatic rings. The third-order valence-electron chi connectivity index (χ3n) is 7.44. The fraction of sp³-hybridized carbons (Fsp3) is 0.424. The number of anilines is 1. The van der Waals surface area contributed by atoms with Crippen LogP contribution in [0.5, 0.6) is 0 Å². The molecular weight excluding hydrogens is 693 g/mol. The van der Waals surface area contributed by atoms with Gasteiger partial charge in [-0.25, -0.2) is 17.7 Å². The van der Waals surface area contributed by atoms with E-state index in [0.29, 0.717) is 17.8 Å². The van der Waals surface area contributed by atoms with Crippen LogP contribution in [0.2, 0.25) is 0 Å². The summed E-state index contributed by atoms with van der Waals surface area (Å²) in [4.78, 5) is 56.5. The number of aromatic nitrogens is 1. The van der Waals surface area contributed by atoms with Crippen LogP contribution in [0.4, 0.5) is 14.5 Å². The quantitative estimate of drug-likeness (QED) is 0.124. The van der Waals surface area contributed by atoms with E-state index >= 15 is 0 Å². The van der Waals surface area contributed by atoms with Gasteiger partial charge in [0.1, 0.15) is 11.0 Å². The highest BCUT2D eigenvalue weighted by atomic mass is 32.2. The van der Waals surface area contributed by atoms with Gasteiger partial charge >= 0.3 is 6.55 Å². The van der Waals surface area contributed by atoms with Crippen molar-refractivity contribution in [2.45, 2.75) is 65.3 Å². The largest absolute Gasteiger partial charge is 0.355 e. The number of rotatable bonds is 18. The fourth-order valence-corrected chi connectivity index (χ4v) is 6.23. The number of amides is 4. The molecule has 0 spiro atoms. The van der Waals surface area contributed by atoms with E-state index in [1.165, 1.54) is 17.4 Å². The van der Waals surface area contributed by atoms with Gasteiger partial charge in [-0.3, -0.25) is 19.2 Å². The first-order valence-corrected chi connectivity index (χ1v) is 18.6. The van der Waals surface area contributed by atoms with E-state index in [0.717, 1.165) is 17.7 Å². The van der Waals surface area contributed by atoms with E-state index < -0.39 is 58.1 Å². The number of thiazole rings is 1. The van der Waals surface area contributed by atoms with Crippen molar-refractivity contribution in [2.75, 3.05) is 23.7 Å². The summed E-state index contributed by atoms with van der Waals surface area (Å²) in [7, 11) is -4.52. The lowest BCUT2D eigenvalue weighted by Gasteiger charge is -2.26. The molecule has 0 aliphatic carbocycles. The lowest BCUT2D eigenvalue weighted by molar-refractivity contribution is -0.130. The Morgan fingerprint density at radius 1 is 0.920 bits per heavy atom. The van der Waals surface area contributed by atoms with Crippen molar-refractivity contribution in [2.24, 2.45) is 5.92 Å². The maximum absolute atomic E-state index is 14.1. The highest BCUT2D eigenvalue weighted by Crippen LogP contribution is 2.26. The number of hydrogen-bond donors (Lipinski definition) is 5. The maximum Gasteiger partial charge on any atom is 0.327 e. The third kappa shape index (κ3) is 11.8. The first-order valence-electron chi connectivity index (χ1n) is 15.9. The fourth-order valence-electron chi connectivity index (χ4n) is 4.90. The number of carbonyl (C=O) groups excluding carboxylic acids is 4. The Labute approximate surface area is 294 Å². The molecule has 3 aromatic rings. The van der Waals surface area contributed by atoms with Crippen LogP contribution in [-0.2, 0) is 32.6 Å². The molecule has 0 bridgehead atoms. The average molecular weight is 736 g/mol. The Balaban J connectivity index is 1.89.